The van der Waals surface area contributed by atoms with Gasteiger partial charge in [-0.2, -0.15) is 0 Å². The molecule has 0 aliphatic carbocycles. The fourth-order valence-corrected chi connectivity index (χ4v) is 3.96. The standard InChI is InChI=1S/C20H17N5O4/c1-29-13-3-2-11-9-25(17(26)14(11)7-13)10-20(18(27)23-19(28)24-20)16-6-12-8-21-5-4-15(12)22-16/h2-8,22H,9-10H2,1H3,(H2,23,24,27,28)/t20-/m0/s1. The Morgan fingerprint density at radius 1 is 1.21 bits per heavy atom. The van der Waals surface area contributed by atoms with Crippen LogP contribution in [0.25, 0.3) is 10.9 Å². The summed E-state index contributed by atoms with van der Waals surface area (Å²) in [6.45, 7) is 0.325. The molecular formula is C20H17N5O4. The lowest BCUT2D eigenvalue weighted by molar-refractivity contribution is -0.124. The van der Waals surface area contributed by atoms with Gasteiger partial charge >= 0.3 is 6.03 Å². The van der Waals surface area contributed by atoms with Gasteiger partial charge in [0, 0.05) is 35.4 Å². The smallest absolute Gasteiger partial charge is 0.322 e. The van der Waals surface area contributed by atoms with E-state index in [1.807, 2.05) is 6.07 Å². The van der Waals surface area contributed by atoms with Crippen molar-refractivity contribution in [3.8, 4) is 5.75 Å². The van der Waals surface area contributed by atoms with Gasteiger partial charge in [0.2, 0.25) is 0 Å². The van der Waals surface area contributed by atoms with E-state index in [4.69, 9.17) is 4.74 Å². The highest BCUT2D eigenvalue weighted by Crippen LogP contribution is 2.33. The second kappa shape index (κ2) is 6.06. The van der Waals surface area contributed by atoms with Crippen molar-refractivity contribution >= 4 is 28.7 Å². The maximum atomic E-state index is 13.0. The molecule has 3 aromatic rings. The number of urea groups is 1. The number of H-pyrrole nitrogens is 1. The molecule has 1 saturated heterocycles. The lowest BCUT2D eigenvalue weighted by Gasteiger charge is -2.30. The summed E-state index contributed by atoms with van der Waals surface area (Å²) in [5.74, 6) is -0.142. The van der Waals surface area contributed by atoms with Crippen molar-refractivity contribution in [3.05, 3.63) is 59.5 Å². The molecule has 0 radical (unpaired) electrons. The summed E-state index contributed by atoms with van der Waals surface area (Å²) >= 11 is 0. The fourth-order valence-electron chi connectivity index (χ4n) is 3.96. The number of ether oxygens (including phenoxy) is 1. The van der Waals surface area contributed by atoms with Gasteiger partial charge in [-0.15, -0.1) is 0 Å². The number of methoxy groups -OCH3 is 1. The summed E-state index contributed by atoms with van der Waals surface area (Å²) in [5.41, 5.74) is 1.23. The van der Waals surface area contributed by atoms with Crippen LogP contribution in [0.5, 0.6) is 5.75 Å². The number of fused-ring (bicyclic) bond motifs is 2. The normalized spacial score (nSPS) is 20.7. The number of aromatic amines is 1. The highest BCUT2D eigenvalue weighted by atomic mass is 16.5. The molecule has 2 aliphatic rings. The van der Waals surface area contributed by atoms with Crippen LogP contribution in [0.15, 0.2) is 42.7 Å². The van der Waals surface area contributed by atoms with E-state index >= 15 is 0 Å². The Labute approximate surface area is 165 Å². The molecule has 2 aromatic heterocycles. The minimum atomic E-state index is -1.42. The predicted octanol–water partition coefficient (Wildman–Crippen LogP) is 1.26. The van der Waals surface area contributed by atoms with Crippen LogP contribution in [-0.2, 0) is 16.9 Å². The third-order valence-electron chi connectivity index (χ3n) is 5.45. The average molecular weight is 391 g/mol. The highest BCUT2D eigenvalue weighted by Gasteiger charge is 2.51. The number of hydrogen-bond acceptors (Lipinski definition) is 5. The fraction of sp³-hybridized carbons (Fsp3) is 0.200. The number of aromatic nitrogens is 2. The first kappa shape index (κ1) is 17.2. The number of pyridine rings is 1. The Hall–Kier alpha value is -3.88. The summed E-state index contributed by atoms with van der Waals surface area (Å²) in [7, 11) is 1.54. The van der Waals surface area contributed by atoms with Crippen LogP contribution in [0.4, 0.5) is 4.79 Å². The molecule has 5 rings (SSSR count). The van der Waals surface area contributed by atoms with Gasteiger partial charge in [0.25, 0.3) is 11.8 Å². The van der Waals surface area contributed by atoms with Crippen LogP contribution in [0.1, 0.15) is 21.6 Å². The van der Waals surface area contributed by atoms with Crippen LogP contribution in [0.2, 0.25) is 0 Å². The SMILES string of the molecule is COc1ccc2c(c1)C(=O)N(C[C@@]1(c3cc4cnccc4[nH]3)NC(=O)NC1=O)C2. The van der Waals surface area contributed by atoms with Crippen molar-refractivity contribution in [2.24, 2.45) is 0 Å². The van der Waals surface area contributed by atoms with Gasteiger partial charge in [0.15, 0.2) is 5.54 Å². The summed E-state index contributed by atoms with van der Waals surface area (Å²) in [5, 5.41) is 5.82. The van der Waals surface area contributed by atoms with Gasteiger partial charge in [-0.3, -0.25) is 19.9 Å². The number of hydrogen-bond donors (Lipinski definition) is 3. The molecule has 1 fully saturated rings. The first-order chi connectivity index (χ1) is 14.0. The van der Waals surface area contributed by atoms with Crippen LogP contribution in [0, 0.1) is 0 Å². The molecule has 9 heteroatoms. The number of imide groups is 1. The van der Waals surface area contributed by atoms with E-state index in [9.17, 15) is 14.4 Å². The van der Waals surface area contributed by atoms with Gasteiger partial charge in [0.05, 0.1) is 19.3 Å². The van der Waals surface area contributed by atoms with E-state index in [0.717, 1.165) is 16.5 Å². The molecule has 29 heavy (non-hydrogen) atoms. The summed E-state index contributed by atoms with van der Waals surface area (Å²) in [6.07, 6.45) is 3.30. The second-order valence-corrected chi connectivity index (χ2v) is 7.14. The van der Waals surface area contributed by atoms with E-state index in [-0.39, 0.29) is 12.5 Å². The number of carbonyl (C=O) groups excluding carboxylic acids is 3. The molecule has 0 unspecified atom stereocenters. The molecule has 0 bridgehead atoms. The second-order valence-electron chi connectivity index (χ2n) is 7.14. The molecule has 3 N–H and O–H groups in total. The predicted molar refractivity (Wildman–Crippen MR) is 102 cm³/mol. The third-order valence-corrected chi connectivity index (χ3v) is 5.45. The highest BCUT2D eigenvalue weighted by molar-refractivity contribution is 6.08. The van der Waals surface area contributed by atoms with Gasteiger partial charge in [-0.1, -0.05) is 6.07 Å². The molecule has 0 saturated carbocycles. The first-order valence-electron chi connectivity index (χ1n) is 9.03. The van der Waals surface area contributed by atoms with Crippen LogP contribution >= 0.6 is 0 Å². The molecule has 2 aliphatic heterocycles. The number of rotatable bonds is 4. The van der Waals surface area contributed by atoms with E-state index in [0.29, 0.717) is 23.6 Å². The van der Waals surface area contributed by atoms with Crippen LogP contribution < -0.4 is 15.4 Å². The maximum absolute atomic E-state index is 13.0. The maximum Gasteiger partial charge on any atom is 0.322 e. The molecule has 4 heterocycles. The lowest BCUT2D eigenvalue weighted by atomic mass is 9.94. The molecule has 4 amide bonds. The number of nitrogens with zero attached hydrogens (tertiary/aromatic N) is 2. The van der Waals surface area contributed by atoms with E-state index in [1.54, 1.807) is 41.6 Å². The van der Waals surface area contributed by atoms with E-state index < -0.39 is 17.5 Å². The minimum Gasteiger partial charge on any atom is -0.497 e. The average Bonchev–Trinajstić information content (AvgIpc) is 3.36. The molecule has 9 nitrogen and oxygen atoms in total. The topological polar surface area (TPSA) is 116 Å². The lowest BCUT2D eigenvalue weighted by Crippen LogP contribution is -2.53. The largest absolute Gasteiger partial charge is 0.497 e. The Morgan fingerprint density at radius 3 is 2.79 bits per heavy atom. The zero-order chi connectivity index (χ0) is 20.2. The van der Waals surface area contributed by atoms with Gasteiger partial charge in [-0.05, 0) is 29.8 Å². The van der Waals surface area contributed by atoms with Crippen molar-refractivity contribution in [1.29, 1.82) is 0 Å². The molecule has 1 aromatic carbocycles. The molecule has 0 spiro atoms. The van der Waals surface area contributed by atoms with Gasteiger partial charge in [0.1, 0.15) is 5.75 Å². The summed E-state index contributed by atoms with van der Waals surface area (Å²) < 4.78 is 5.21. The first-order valence-corrected chi connectivity index (χ1v) is 9.03. The summed E-state index contributed by atoms with van der Waals surface area (Å²) in [6, 6.07) is 8.26. The van der Waals surface area contributed by atoms with E-state index in [2.05, 4.69) is 20.6 Å². The third kappa shape index (κ3) is 2.54. The van der Waals surface area contributed by atoms with Crippen molar-refractivity contribution in [2.45, 2.75) is 12.1 Å². The Morgan fingerprint density at radius 2 is 2.07 bits per heavy atom. The van der Waals surface area contributed by atoms with Gasteiger partial charge < -0.3 is 19.9 Å². The Kier molecular flexibility index (Phi) is 3.60. The zero-order valence-electron chi connectivity index (χ0n) is 15.5. The monoisotopic (exact) mass is 391 g/mol. The Balaban J connectivity index is 1.54. The van der Waals surface area contributed by atoms with E-state index in [1.165, 1.54) is 7.11 Å². The number of nitrogens with one attached hydrogen (secondary N) is 3. The number of carbonyl (C=O) groups is 3. The van der Waals surface area contributed by atoms with Crippen molar-refractivity contribution in [1.82, 2.24) is 25.5 Å². The Bertz CT molecular complexity index is 1150. The van der Waals surface area contributed by atoms with Crippen molar-refractivity contribution in [2.75, 3.05) is 13.7 Å². The van der Waals surface area contributed by atoms with Crippen LogP contribution in [0.3, 0.4) is 0 Å². The quantitative estimate of drug-likeness (QED) is 0.579. The molecular weight excluding hydrogens is 374 g/mol. The summed E-state index contributed by atoms with van der Waals surface area (Å²) in [4.78, 5) is 46.7. The number of amides is 4. The molecule has 146 valence electrons. The van der Waals surface area contributed by atoms with Crippen molar-refractivity contribution in [3.63, 3.8) is 0 Å². The zero-order valence-corrected chi connectivity index (χ0v) is 15.5. The number of benzene rings is 1. The van der Waals surface area contributed by atoms with Gasteiger partial charge in [-0.25, -0.2) is 4.79 Å². The molecule has 1 atom stereocenters. The van der Waals surface area contributed by atoms with Crippen molar-refractivity contribution < 1.29 is 19.1 Å². The minimum absolute atomic E-state index is 0.0132. The van der Waals surface area contributed by atoms with Crippen LogP contribution in [-0.4, -0.2) is 46.4 Å².